The Morgan fingerprint density at radius 1 is 1.40 bits per heavy atom. The van der Waals surface area contributed by atoms with Crippen molar-refractivity contribution in [1.29, 1.82) is 0 Å². The molecule has 0 spiro atoms. The number of aliphatic carboxylic acids is 1. The van der Waals surface area contributed by atoms with Gasteiger partial charge in [0, 0.05) is 11.9 Å². The second-order valence-electron chi connectivity index (χ2n) is 5.14. The van der Waals surface area contributed by atoms with E-state index in [0.717, 1.165) is 9.86 Å². The zero-order chi connectivity index (χ0) is 14.9. The minimum absolute atomic E-state index is 0.0272. The highest BCUT2D eigenvalue weighted by molar-refractivity contribution is 9.10. The Kier molecular flexibility index (Phi) is 3.85. The molecule has 0 atom stereocenters. The first-order valence-corrected chi connectivity index (χ1v) is 6.80. The summed E-state index contributed by atoms with van der Waals surface area (Å²) in [5.41, 5.74) is -0.433. The summed E-state index contributed by atoms with van der Waals surface area (Å²) in [5.74, 6) is -1.24. The number of para-hydroxylation sites is 1. The third-order valence-electron chi connectivity index (χ3n) is 2.99. The summed E-state index contributed by atoms with van der Waals surface area (Å²) in [6, 6.07) is 7.13. The van der Waals surface area contributed by atoms with Crippen LogP contribution in [0.3, 0.4) is 0 Å². The molecule has 2 aromatic rings. The second-order valence-corrected chi connectivity index (χ2v) is 5.99. The van der Waals surface area contributed by atoms with Gasteiger partial charge in [0.1, 0.15) is 5.58 Å². The number of carbonyl (C=O) groups excluding carboxylic acids is 1. The zero-order valence-electron chi connectivity index (χ0n) is 11.1. The molecule has 5 nitrogen and oxygen atoms in total. The number of hydrogen-bond donors (Lipinski definition) is 2. The van der Waals surface area contributed by atoms with Gasteiger partial charge in [-0.2, -0.15) is 0 Å². The zero-order valence-corrected chi connectivity index (χ0v) is 12.7. The van der Waals surface area contributed by atoms with Gasteiger partial charge in [-0.25, -0.2) is 0 Å². The van der Waals surface area contributed by atoms with Crippen molar-refractivity contribution in [1.82, 2.24) is 5.32 Å². The smallest absolute Gasteiger partial charge is 0.310 e. The Hall–Kier alpha value is -1.82. The lowest BCUT2D eigenvalue weighted by Crippen LogP contribution is -2.38. The van der Waals surface area contributed by atoms with Crippen LogP contribution in [0.5, 0.6) is 0 Å². The molecule has 0 aliphatic rings. The van der Waals surface area contributed by atoms with Crippen LogP contribution in [0.1, 0.15) is 24.4 Å². The number of nitrogens with one attached hydrogen (secondary N) is 1. The molecule has 0 saturated heterocycles. The summed E-state index contributed by atoms with van der Waals surface area (Å²) < 4.78 is 6.24. The molecule has 0 saturated carbocycles. The Bertz CT molecular complexity index is 675. The van der Waals surface area contributed by atoms with Crippen molar-refractivity contribution >= 4 is 38.8 Å². The predicted molar refractivity (Wildman–Crippen MR) is 77.7 cm³/mol. The largest absolute Gasteiger partial charge is 0.481 e. The second kappa shape index (κ2) is 5.28. The number of amides is 1. The normalized spacial score (nSPS) is 11.6. The maximum Gasteiger partial charge on any atom is 0.310 e. The van der Waals surface area contributed by atoms with E-state index in [2.05, 4.69) is 21.2 Å². The standard InChI is InChI=1S/C14H14BrNO4/c1-14(2,13(18)19)7-16-12(17)10-6-8-4-3-5-9(15)11(8)20-10/h3-6H,7H2,1-2H3,(H,16,17)(H,18,19). The minimum atomic E-state index is -1.03. The van der Waals surface area contributed by atoms with E-state index in [1.54, 1.807) is 19.9 Å². The fourth-order valence-corrected chi connectivity index (χ4v) is 2.07. The molecule has 0 radical (unpaired) electrons. The summed E-state index contributed by atoms with van der Waals surface area (Å²) in [7, 11) is 0. The SMILES string of the molecule is CC(C)(CNC(=O)c1cc2cccc(Br)c2o1)C(=O)O. The predicted octanol–water partition coefficient (Wildman–Crippen LogP) is 3.04. The van der Waals surface area contributed by atoms with Crippen molar-refractivity contribution in [3.05, 3.63) is 34.5 Å². The fourth-order valence-electron chi connectivity index (χ4n) is 1.60. The highest BCUT2D eigenvalue weighted by Crippen LogP contribution is 2.27. The topological polar surface area (TPSA) is 79.5 Å². The van der Waals surface area contributed by atoms with Crippen molar-refractivity contribution in [2.75, 3.05) is 6.54 Å². The van der Waals surface area contributed by atoms with Gasteiger partial charge < -0.3 is 14.8 Å². The first-order valence-electron chi connectivity index (χ1n) is 6.01. The summed E-state index contributed by atoms with van der Waals surface area (Å²) >= 11 is 3.35. The van der Waals surface area contributed by atoms with Crippen LogP contribution < -0.4 is 5.32 Å². The lowest BCUT2D eigenvalue weighted by Gasteiger charge is -2.18. The Morgan fingerprint density at radius 3 is 2.70 bits per heavy atom. The maximum atomic E-state index is 12.0. The number of carboxylic acid groups (broad SMARTS) is 1. The van der Waals surface area contributed by atoms with Crippen LogP contribution >= 0.6 is 15.9 Å². The quantitative estimate of drug-likeness (QED) is 0.897. The number of furan rings is 1. The lowest BCUT2D eigenvalue weighted by molar-refractivity contribution is -0.146. The molecular formula is C14H14BrNO4. The molecule has 0 fully saturated rings. The molecule has 1 aromatic heterocycles. The van der Waals surface area contributed by atoms with Gasteiger partial charge in [-0.3, -0.25) is 9.59 Å². The van der Waals surface area contributed by atoms with Gasteiger partial charge in [-0.05, 0) is 41.9 Å². The van der Waals surface area contributed by atoms with Crippen LogP contribution in [0.15, 0.2) is 33.2 Å². The molecule has 1 aromatic carbocycles. The minimum Gasteiger partial charge on any atom is -0.481 e. The molecule has 0 unspecified atom stereocenters. The van der Waals surface area contributed by atoms with Gasteiger partial charge in [0.25, 0.3) is 5.91 Å². The number of rotatable bonds is 4. The number of hydrogen-bond acceptors (Lipinski definition) is 3. The summed E-state index contributed by atoms with van der Waals surface area (Å²) in [6.07, 6.45) is 0. The number of carboxylic acids is 1. The monoisotopic (exact) mass is 339 g/mol. The lowest BCUT2D eigenvalue weighted by atomic mass is 9.94. The molecular weight excluding hydrogens is 326 g/mol. The Labute approximate surface area is 124 Å². The van der Waals surface area contributed by atoms with Crippen LogP contribution in [0, 0.1) is 5.41 Å². The van der Waals surface area contributed by atoms with Gasteiger partial charge in [0.15, 0.2) is 5.76 Å². The number of benzene rings is 1. The van der Waals surface area contributed by atoms with E-state index < -0.39 is 17.3 Å². The van der Waals surface area contributed by atoms with Crippen LogP contribution in [-0.4, -0.2) is 23.5 Å². The van der Waals surface area contributed by atoms with Gasteiger partial charge >= 0.3 is 5.97 Å². The van der Waals surface area contributed by atoms with Gasteiger partial charge in [0.05, 0.1) is 9.89 Å². The van der Waals surface area contributed by atoms with Crippen molar-refractivity contribution in [2.45, 2.75) is 13.8 Å². The molecule has 6 heteroatoms. The van der Waals surface area contributed by atoms with Crippen molar-refractivity contribution < 1.29 is 19.1 Å². The third-order valence-corrected chi connectivity index (χ3v) is 3.61. The highest BCUT2D eigenvalue weighted by Gasteiger charge is 2.28. The third kappa shape index (κ3) is 2.85. The van der Waals surface area contributed by atoms with Crippen LogP contribution in [0.2, 0.25) is 0 Å². The van der Waals surface area contributed by atoms with Gasteiger partial charge in [-0.1, -0.05) is 12.1 Å². The van der Waals surface area contributed by atoms with E-state index in [-0.39, 0.29) is 12.3 Å². The van der Waals surface area contributed by atoms with E-state index in [0.29, 0.717) is 5.58 Å². The van der Waals surface area contributed by atoms with E-state index >= 15 is 0 Å². The highest BCUT2D eigenvalue weighted by atomic mass is 79.9. The molecule has 2 rings (SSSR count). The van der Waals surface area contributed by atoms with Crippen molar-refractivity contribution in [2.24, 2.45) is 5.41 Å². The van der Waals surface area contributed by atoms with Crippen LogP contribution in [-0.2, 0) is 4.79 Å². The molecule has 0 bridgehead atoms. The Balaban J connectivity index is 2.16. The van der Waals surface area contributed by atoms with E-state index in [1.807, 2.05) is 18.2 Å². The number of halogens is 1. The van der Waals surface area contributed by atoms with E-state index in [9.17, 15) is 9.59 Å². The van der Waals surface area contributed by atoms with Gasteiger partial charge in [-0.15, -0.1) is 0 Å². The van der Waals surface area contributed by atoms with E-state index in [4.69, 9.17) is 9.52 Å². The molecule has 1 amide bonds. The fraction of sp³-hybridized carbons (Fsp3) is 0.286. The van der Waals surface area contributed by atoms with E-state index in [1.165, 1.54) is 0 Å². The molecule has 106 valence electrons. The first kappa shape index (κ1) is 14.6. The Morgan fingerprint density at radius 2 is 2.10 bits per heavy atom. The average molecular weight is 340 g/mol. The number of carbonyl (C=O) groups is 2. The van der Waals surface area contributed by atoms with Crippen LogP contribution in [0.25, 0.3) is 11.0 Å². The molecule has 2 N–H and O–H groups in total. The summed E-state index contributed by atoms with van der Waals surface area (Å²) in [4.78, 5) is 23.0. The summed E-state index contributed by atoms with van der Waals surface area (Å²) in [6.45, 7) is 3.12. The number of fused-ring (bicyclic) bond motifs is 1. The molecule has 20 heavy (non-hydrogen) atoms. The summed E-state index contributed by atoms with van der Waals surface area (Å²) in [5, 5.41) is 12.4. The molecule has 0 aliphatic heterocycles. The van der Waals surface area contributed by atoms with Crippen LogP contribution in [0.4, 0.5) is 0 Å². The molecule has 1 heterocycles. The molecule has 0 aliphatic carbocycles. The first-order chi connectivity index (χ1) is 9.31. The maximum absolute atomic E-state index is 12.0. The van der Waals surface area contributed by atoms with Crippen molar-refractivity contribution in [3.8, 4) is 0 Å². The average Bonchev–Trinajstić information content (AvgIpc) is 2.81. The van der Waals surface area contributed by atoms with Gasteiger partial charge in [0.2, 0.25) is 0 Å². The van der Waals surface area contributed by atoms with Crippen molar-refractivity contribution in [3.63, 3.8) is 0 Å².